The van der Waals surface area contributed by atoms with Gasteiger partial charge in [0.1, 0.15) is 5.92 Å². The normalized spacial score (nSPS) is 18.1. The van der Waals surface area contributed by atoms with Crippen molar-refractivity contribution in [3.63, 3.8) is 0 Å². The number of aromatic nitrogens is 1. The molecule has 0 saturated carbocycles. The van der Waals surface area contributed by atoms with Crippen molar-refractivity contribution in [1.29, 1.82) is 0 Å². The molecule has 1 unspecified atom stereocenters. The Labute approximate surface area is 94.0 Å². The van der Waals surface area contributed by atoms with E-state index >= 15 is 0 Å². The van der Waals surface area contributed by atoms with Crippen molar-refractivity contribution in [2.75, 3.05) is 13.6 Å². The van der Waals surface area contributed by atoms with Gasteiger partial charge in [0.15, 0.2) is 5.76 Å². The van der Waals surface area contributed by atoms with Crippen LogP contribution in [0.3, 0.4) is 0 Å². The van der Waals surface area contributed by atoms with E-state index < -0.39 is 11.9 Å². The van der Waals surface area contributed by atoms with Crippen LogP contribution in [-0.2, 0) is 17.8 Å². The van der Waals surface area contributed by atoms with Gasteiger partial charge < -0.3 is 14.5 Å². The summed E-state index contributed by atoms with van der Waals surface area (Å²) in [4.78, 5) is 13.2. The summed E-state index contributed by atoms with van der Waals surface area (Å²) in [5.41, 5.74) is 1.90. The number of nitrogens with zero attached hydrogens (tertiary/aromatic N) is 2. The van der Waals surface area contributed by atoms with Crippen molar-refractivity contribution in [1.82, 2.24) is 10.1 Å². The van der Waals surface area contributed by atoms with E-state index in [4.69, 9.17) is 9.63 Å². The number of rotatable bonds is 3. The SMILES string of the molecule is CCC(C(=O)O)c1onc2c1CN(C)CC2. The van der Waals surface area contributed by atoms with Crippen molar-refractivity contribution >= 4 is 5.97 Å². The lowest BCUT2D eigenvalue weighted by atomic mass is 9.96. The van der Waals surface area contributed by atoms with Crippen molar-refractivity contribution in [2.45, 2.75) is 32.2 Å². The van der Waals surface area contributed by atoms with Crippen LogP contribution in [0.1, 0.15) is 36.3 Å². The quantitative estimate of drug-likeness (QED) is 0.836. The van der Waals surface area contributed by atoms with E-state index in [9.17, 15) is 4.79 Å². The first-order chi connectivity index (χ1) is 7.63. The maximum absolute atomic E-state index is 11.1. The van der Waals surface area contributed by atoms with E-state index in [1.54, 1.807) is 0 Å². The molecule has 1 aromatic heterocycles. The predicted octanol–water partition coefficient (Wildman–Crippen LogP) is 1.24. The minimum absolute atomic E-state index is 0.528. The third-order valence-corrected chi connectivity index (χ3v) is 3.08. The third-order valence-electron chi connectivity index (χ3n) is 3.08. The second-order valence-corrected chi connectivity index (χ2v) is 4.26. The van der Waals surface area contributed by atoms with Crippen LogP contribution in [-0.4, -0.2) is 34.7 Å². The van der Waals surface area contributed by atoms with Gasteiger partial charge in [0, 0.05) is 25.1 Å². The Bertz CT molecular complexity index is 400. The molecule has 0 aromatic carbocycles. The first-order valence-corrected chi connectivity index (χ1v) is 5.52. The Hall–Kier alpha value is -1.36. The van der Waals surface area contributed by atoms with Gasteiger partial charge in [-0.05, 0) is 13.5 Å². The van der Waals surface area contributed by atoms with Crippen molar-refractivity contribution in [2.24, 2.45) is 0 Å². The van der Waals surface area contributed by atoms with Crippen LogP contribution in [0.4, 0.5) is 0 Å². The molecule has 16 heavy (non-hydrogen) atoms. The molecule has 1 N–H and O–H groups in total. The smallest absolute Gasteiger partial charge is 0.314 e. The summed E-state index contributed by atoms with van der Waals surface area (Å²) in [6, 6.07) is 0. The molecule has 1 aliphatic heterocycles. The van der Waals surface area contributed by atoms with Gasteiger partial charge in [0.05, 0.1) is 5.69 Å². The Balaban J connectivity index is 2.35. The van der Waals surface area contributed by atoms with Crippen LogP contribution in [0.5, 0.6) is 0 Å². The molecule has 1 aromatic rings. The average Bonchev–Trinajstić information content (AvgIpc) is 2.62. The highest BCUT2D eigenvalue weighted by atomic mass is 16.5. The maximum atomic E-state index is 11.1. The van der Waals surface area contributed by atoms with E-state index in [0.29, 0.717) is 12.2 Å². The molecule has 0 fully saturated rings. The fourth-order valence-electron chi connectivity index (χ4n) is 2.11. The Morgan fingerprint density at radius 2 is 2.44 bits per heavy atom. The number of aliphatic carboxylic acids is 1. The molecule has 0 bridgehead atoms. The van der Waals surface area contributed by atoms with E-state index in [0.717, 1.165) is 30.8 Å². The lowest BCUT2D eigenvalue weighted by molar-refractivity contribution is -0.139. The topological polar surface area (TPSA) is 66.6 Å². The number of fused-ring (bicyclic) bond motifs is 1. The molecule has 5 heteroatoms. The van der Waals surface area contributed by atoms with Gasteiger partial charge in [0.2, 0.25) is 0 Å². The van der Waals surface area contributed by atoms with Crippen molar-refractivity contribution < 1.29 is 14.4 Å². The molecule has 5 nitrogen and oxygen atoms in total. The monoisotopic (exact) mass is 224 g/mol. The average molecular weight is 224 g/mol. The zero-order chi connectivity index (χ0) is 11.7. The van der Waals surface area contributed by atoms with Gasteiger partial charge in [-0.2, -0.15) is 0 Å². The Morgan fingerprint density at radius 3 is 3.06 bits per heavy atom. The highest BCUT2D eigenvalue weighted by Gasteiger charge is 2.30. The molecule has 1 atom stereocenters. The molecule has 0 saturated heterocycles. The number of hydrogen-bond acceptors (Lipinski definition) is 4. The van der Waals surface area contributed by atoms with Gasteiger partial charge in [0.25, 0.3) is 0 Å². The summed E-state index contributed by atoms with van der Waals surface area (Å²) >= 11 is 0. The van der Waals surface area contributed by atoms with Crippen molar-refractivity contribution in [3.8, 4) is 0 Å². The molecular weight excluding hydrogens is 208 g/mol. The lowest BCUT2D eigenvalue weighted by Crippen LogP contribution is -2.27. The zero-order valence-electron chi connectivity index (χ0n) is 9.56. The fourth-order valence-corrected chi connectivity index (χ4v) is 2.11. The van der Waals surface area contributed by atoms with E-state index in [1.165, 1.54) is 0 Å². The van der Waals surface area contributed by atoms with Gasteiger partial charge in [-0.25, -0.2) is 0 Å². The highest BCUT2D eigenvalue weighted by molar-refractivity contribution is 5.75. The minimum Gasteiger partial charge on any atom is -0.481 e. The standard InChI is InChI=1S/C11H16N2O3/c1-3-7(11(14)15)10-8-6-13(2)5-4-9(8)12-16-10/h7H,3-6H2,1-2H3,(H,14,15). The molecule has 0 spiro atoms. The van der Waals surface area contributed by atoms with E-state index in [2.05, 4.69) is 10.1 Å². The summed E-state index contributed by atoms with van der Waals surface area (Å²) in [5, 5.41) is 13.1. The maximum Gasteiger partial charge on any atom is 0.314 e. The first kappa shape index (κ1) is 11.1. The number of likely N-dealkylation sites (N-methyl/N-ethyl adjacent to an activating group) is 1. The van der Waals surface area contributed by atoms with Crippen LogP contribution >= 0.6 is 0 Å². The number of carbonyl (C=O) groups is 1. The molecular formula is C11H16N2O3. The summed E-state index contributed by atoms with van der Waals surface area (Å²) in [7, 11) is 2.02. The van der Waals surface area contributed by atoms with Crippen LogP contribution < -0.4 is 0 Å². The van der Waals surface area contributed by atoms with E-state index in [1.807, 2.05) is 14.0 Å². The van der Waals surface area contributed by atoms with Crippen LogP contribution in [0.25, 0.3) is 0 Å². The van der Waals surface area contributed by atoms with Crippen LogP contribution in [0, 0.1) is 0 Å². The van der Waals surface area contributed by atoms with Crippen molar-refractivity contribution in [3.05, 3.63) is 17.0 Å². The molecule has 2 rings (SSSR count). The van der Waals surface area contributed by atoms with Crippen LogP contribution in [0.2, 0.25) is 0 Å². The summed E-state index contributed by atoms with van der Waals surface area (Å²) < 4.78 is 5.22. The Morgan fingerprint density at radius 1 is 1.69 bits per heavy atom. The fraction of sp³-hybridized carbons (Fsp3) is 0.636. The molecule has 0 amide bonds. The molecule has 2 heterocycles. The second-order valence-electron chi connectivity index (χ2n) is 4.26. The minimum atomic E-state index is -0.838. The van der Waals surface area contributed by atoms with Gasteiger partial charge >= 0.3 is 5.97 Å². The second kappa shape index (κ2) is 4.25. The third kappa shape index (κ3) is 1.82. The molecule has 0 aliphatic carbocycles. The van der Waals surface area contributed by atoms with Gasteiger partial charge in [-0.15, -0.1) is 0 Å². The lowest BCUT2D eigenvalue weighted by Gasteiger charge is -2.21. The zero-order valence-corrected chi connectivity index (χ0v) is 9.56. The molecule has 1 aliphatic rings. The van der Waals surface area contributed by atoms with Crippen LogP contribution in [0.15, 0.2) is 4.52 Å². The largest absolute Gasteiger partial charge is 0.481 e. The summed E-state index contributed by atoms with van der Waals surface area (Å²) in [5.74, 6) is -0.867. The van der Waals surface area contributed by atoms with E-state index in [-0.39, 0.29) is 0 Å². The molecule has 88 valence electrons. The summed E-state index contributed by atoms with van der Waals surface area (Å²) in [6.45, 7) is 3.53. The van der Waals surface area contributed by atoms with Gasteiger partial charge in [-0.1, -0.05) is 12.1 Å². The van der Waals surface area contributed by atoms with Gasteiger partial charge in [-0.3, -0.25) is 4.79 Å². The summed E-state index contributed by atoms with van der Waals surface area (Å²) in [6.07, 6.45) is 1.37. The highest BCUT2D eigenvalue weighted by Crippen LogP contribution is 2.29. The number of carboxylic acid groups (broad SMARTS) is 1. The molecule has 0 radical (unpaired) electrons. The number of hydrogen-bond donors (Lipinski definition) is 1. The predicted molar refractivity (Wildman–Crippen MR) is 57.2 cm³/mol. The first-order valence-electron chi connectivity index (χ1n) is 5.52. The number of carboxylic acids is 1. The Kier molecular flexibility index (Phi) is 2.96.